The summed E-state index contributed by atoms with van der Waals surface area (Å²) in [6.45, 7) is 1.68. The Morgan fingerprint density at radius 3 is 2.48 bits per heavy atom. The third kappa shape index (κ3) is 5.02. The summed E-state index contributed by atoms with van der Waals surface area (Å²) in [4.78, 5) is 26.4. The number of hydrogen-bond donors (Lipinski definition) is 1. The minimum Gasteiger partial charge on any atom is -0.486 e. The summed E-state index contributed by atoms with van der Waals surface area (Å²) in [5, 5.41) is 10.7. The molecule has 0 radical (unpaired) electrons. The number of benzene rings is 2. The van der Waals surface area contributed by atoms with Crippen molar-refractivity contribution < 1.29 is 23.1 Å². The third-order valence-electron chi connectivity index (χ3n) is 4.70. The lowest BCUT2D eigenvalue weighted by atomic mass is 10.2. The Balaban J connectivity index is 1.32. The molecule has 10 heteroatoms. The van der Waals surface area contributed by atoms with Crippen molar-refractivity contribution in [2.24, 2.45) is 0 Å². The molecule has 0 saturated carbocycles. The molecule has 2 aromatic carbocycles. The van der Waals surface area contributed by atoms with Crippen LogP contribution in [-0.2, 0) is 6.61 Å². The van der Waals surface area contributed by atoms with Gasteiger partial charge in [0, 0.05) is 30.4 Å². The molecule has 1 N–H and O–H groups in total. The number of halogens is 2. The average Bonchev–Trinajstić information content (AvgIpc) is 3.47. The van der Waals surface area contributed by atoms with Crippen molar-refractivity contribution in [2.75, 3.05) is 18.4 Å². The Morgan fingerprint density at radius 2 is 1.77 bits per heavy atom. The minimum atomic E-state index is -1.06. The van der Waals surface area contributed by atoms with E-state index >= 15 is 0 Å². The molecule has 0 aliphatic carbocycles. The number of nitrogens with one attached hydrogen (secondary N) is 1. The van der Waals surface area contributed by atoms with Crippen molar-refractivity contribution in [2.45, 2.75) is 19.4 Å². The predicted octanol–water partition coefficient (Wildman–Crippen LogP) is 3.88. The average molecular weight is 444 g/mol. The van der Waals surface area contributed by atoms with Crippen LogP contribution in [0.1, 0.15) is 38.0 Å². The van der Waals surface area contributed by atoms with Crippen molar-refractivity contribution in [3.63, 3.8) is 0 Å². The summed E-state index contributed by atoms with van der Waals surface area (Å²) in [5.74, 6) is -2.07. The number of anilines is 1. The van der Waals surface area contributed by atoms with Crippen LogP contribution in [0.3, 0.4) is 0 Å². The van der Waals surface area contributed by atoms with Crippen molar-refractivity contribution in [1.82, 2.24) is 15.1 Å². The number of aromatic nitrogens is 2. The Bertz CT molecular complexity index is 1100. The molecule has 0 unspecified atom stereocenters. The van der Waals surface area contributed by atoms with Crippen LogP contribution in [0.5, 0.6) is 5.75 Å². The number of amides is 2. The summed E-state index contributed by atoms with van der Waals surface area (Å²) < 4.78 is 31.9. The Hall–Kier alpha value is -3.40. The van der Waals surface area contributed by atoms with E-state index in [1.165, 1.54) is 6.07 Å². The van der Waals surface area contributed by atoms with Crippen LogP contribution in [0.2, 0.25) is 0 Å². The van der Waals surface area contributed by atoms with Crippen LogP contribution in [0.4, 0.5) is 14.5 Å². The van der Waals surface area contributed by atoms with E-state index in [1.54, 1.807) is 24.3 Å². The molecule has 31 heavy (non-hydrogen) atoms. The lowest BCUT2D eigenvalue weighted by Gasteiger charge is -2.15. The number of carbonyl (C=O) groups excluding carboxylic acids is 2. The number of nitrogens with zero attached hydrogens (tertiary/aromatic N) is 3. The number of rotatable bonds is 6. The number of hydrogen-bond acceptors (Lipinski definition) is 6. The third-order valence-corrected chi connectivity index (χ3v) is 5.59. The van der Waals surface area contributed by atoms with E-state index in [2.05, 4.69) is 15.5 Å². The van der Waals surface area contributed by atoms with Gasteiger partial charge in [-0.15, -0.1) is 10.2 Å². The van der Waals surface area contributed by atoms with Crippen LogP contribution >= 0.6 is 11.3 Å². The van der Waals surface area contributed by atoms with E-state index in [9.17, 15) is 18.4 Å². The number of ether oxygens (including phenoxy) is 1. The maximum absolute atomic E-state index is 13.3. The molecule has 4 rings (SSSR count). The fourth-order valence-electron chi connectivity index (χ4n) is 3.10. The van der Waals surface area contributed by atoms with Gasteiger partial charge in [0.1, 0.15) is 12.4 Å². The molecule has 160 valence electrons. The number of likely N-dealkylation sites (tertiary alicyclic amines) is 1. The van der Waals surface area contributed by atoms with Crippen molar-refractivity contribution in [3.05, 3.63) is 69.7 Å². The summed E-state index contributed by atoms with van der Waals surface area (Å²) in [6, 6.07) is 9.92. The molecule has 0 spiro atoms. The zero-order valence-corrected chi connectivity index (χ0v) is 17.1. The van der Waals surface area contributed by atoms with E-state index in [1.807, 2.05) is 4.90 Å². The second-order valence-corrected chi connectivity index (χ2v) is 7.96. The van der Waals surface area contributed by atoms with Crippen LogP contribution in [-0.4, -0.2) is 40.0 Å². The molecule has 3 aromatic rings. The zero-order chi connectivity index (χ0) is 21.8. The van der Waals surface area contributed by atoms with Gasteiger partial charge in [0.2, 0.25) is 5.01 Å². The molecule has 1 aliphatic heterocycles. The topological polar surface area (TPSA) is 84.4 Å². The molecular formula is C21H18F2N4O3S. The van der Waals surface area contributed by atoms with Gasteiger partial charge in [0.25, 0.3) is 11.8 Å². The number of carbonyl (C=O) groups is 2. The van der Waals surface area contributed by atoms with Gasteiger partial charge in [0.05, 0.1) is 0 Å². The first-order chi connectivity index (χ1) is 15.0. The minimum absolute atomic E-state index is 0.0184. The van der Waals surface area contributed by atoms with Crippen molar-refractivity contribution in [1.29, 1.82) is 0 Å². The first-order valence-corrected chi connectivity index (χ1v) is 10.4. The molecule has 7 nitrogen and oxygen atoms in total. The van der Waals surface area contributed by atoms with E-state index in [0.717, 1.165) is 49.4 Å². The standard InChI is InChI=1S/C21H18F2N4O3S/c22-16-8-5-14(11-17(16)23)24-19(28)20-26-25-18(31-20)12-30-15-6-3-13(4-7-15)21(29)27-9-1-2-10-27/h3-8,11H,1-2,9-10,12H2,(H,24,28). The Labute approximate surface area is 180 Å². The molecule has 1 saturated heterocycles. The maximum atomic E-state index is 13.3. The van der Waals surface area contributed by atoms with E-state index in [4.69, 9.17) is 4.74 Å². The molecule has 1 fully saturated rings. The van der Waals surface area contributed by atoms with Crippen molar-refractivity contribution in [3.8, 4) is 5.75 Å². The van der Waals surface area contributed by atoms with Crippen LogP contribution in [0, 0.1) is 11.6 Å². The van der Waals surface area contributed by atoms with Gasteiger partial charge in [0.15, 0.2) is 16.6 Å². The highest BCUT2D eigenvalue weighted by Crippen LogP contribution is 2.20. The van der Waals surface area contributed by atoms with E-state index < -0.39 is 17.5 Å². The van der Waals surface area contributed by atoms with Gasteiger partial charge in [-0.2, -0.15) is 0 Å². The van der Waals surface area contributed by atoms with Gasteiger partial charge >= 0.3 is 0 Å². The maximum Gasteiger partial charge on any atom is 0.286 e. The largest absolute Gasteiger partial charge is 0.486 e. The summed E-state index contributed by atoms with van der Waals surface area (Å²) in [7, 11) is 0. The molecule has 2 heterocycles. The SMILES string of the molecule is O=C(Nc1ccc(F)c(F)c1)c1nnc(COc2ccc(C(=O)N3CCCC3)cc2)s1. The lowest BCUT2D eigenvalue weighted by molar-refractivity contribution is 0.0792. The zero-order valence-electron chi connectivity index (χ0n) is 16.3. The smallest absolute Gasteiger partial charge is 0.286 e. The predicted molar refractivity (Wildman–Crippen MR) is 110 cm³/mol. The van der Waals surface area contributed by atoms with Gasteiger partial charge < -0.3 is 15.0 Å². The monoisotopic (exact) mass is 444 g/mol. The second-order valence-electron chi connectivity index (χ2n) is 6.90. The van der Waals surface area contributed by atoms with Crippen LogP contribution in [0.25, 0.3) is 0 Å². The van der Waals surface area contributed by atoms with Gasteiger partial charge in [-0.1, -0.05) is 11.3 Å². The highest BCUT2D eigenvalue weighted by molar-refractivity contribution is 7.13. The highest BCUT2D eigenvalue weighted by atomic mass is 32.1. The first-order valence-electron chi connectivity index (χ1n) is 9.60. The second kappa shape index (κ2) is 9.17. The molecule has 0 bridgehead atoms. The van der Waals surface area contributed by atoms with E-state index in [-0.39, 0.29) is 23.2 Å². The van der Waals surface area contributed by atoms with Crippen LogP contribution in [0.15, 0.2) is 42.5 Å². The highest BCUT2D eigenvalue weighted by Gasteiger charge is 2.19. The molecule has 0 atom stereocenters. The van der Waals surface area contributed by atoms with Gasteiger partial charge in [-0.05, 0) is 49.2 Å². The Kier molecular flexibility index (Phi) is 6.17. The molecule has 1 aromatic heterocycles. The quantitative estimate of drug-likeness (QED) is 0.624. The van der Waals surface area contributed by atoms with Crippen LogP contribution < -0.4 is 10.1 Å². The van der Waals surface area contributed by atoms with Gasteiger partial charge in [-0.3, -0.25) is 9.59 Å². The molecule has 2 amide bonds. The molecular weight excluding hydrogens is 426 g/mol. The molecule has 1 aliphatic rings. The fourth-order valence-corrected chi connectivity index (χ4v) is 3.75. The van der Waals surface area contributed by atoms with E-state index in [0.29, 0.717) is 16.3 Å². The van der Waals surface area contributed by atoms with Crippen molar-refractivity contribution >= 4 is 28.8 Å². The normalized spacial score (nSPS) is 13.3. The summed E-state index contributed by atoms with van der Waals surface area (Å²) >= 11 is 1.02. The summed E-state index contributed by atoms with van der Waals surface area (Å²) in [6.07, 6.45) is 2.07. The Morgan fingerprint density at radius 1 is 1.03 bits per heavy atom. The first kappa shape index (κ1) is 20.9. The summed E-state index contributed by atoms with van der Waals surface area (Å²) in [5.41, 5.74) is 0.724. The fraction of sp³-hybridized carbons (Fsp3) is 0.238. The van der Waals surface area contributed by atoms with Gasteiger partial charge in [-0.25, -0.2) is 8.78 Å². The lowest BCUT2D eigenvalue weighted by Crippen LogP contribution is -2.27.